The summed E-state index contributed by atoms with van der Waals surface area (Å²) in [5.41, 5.74) is 7.10. The first-order valence-electron chi connectivity index (χ1n) is 10.1. The number of benzene rings is 1. The summed E-state index contributed by atoms with van der Waals surface area (Å²) in [6.45, 7) is 0. The lowest BCUT2D eigenvalue weighted by atomic mass is 10.0. The molecule has 0 radical (unpaired) electrons. The zero-order chi connectivity index (χ0) is 23.7. The molecule has 0 aliphatic carbocycles. The van der Waals surface area contributed by atoms with Crippen LogP contribution < -0.4 is 21.9 Å². The van der Waals surface area contributed by atoms with Crippen LogP contribution in [0, 0.1) is 0 Å². The van der Waals surface area contributed by atoms with Crippen LogP contribution in [-0.2, 0) is 22.4 Å². The number of aryl methyl sites for hydroxylation is 1. The van der Waals surface area contributed by atoms with Gasteiger partial charge in [0.15, 0.2) is 0 Å². The molecule has 1 aromatic heterocycles. The standard InChI is InChI=1S/C21H27N5O6/c1-23-17-14(19(30)26-21(22)25-17)5-3-2-4-12-6-8-13(9-7-12)18(29)24-15(20(31)32)10-11-16(27)28/h6-9,15H,2-5,10-11H2,1H3,(H,24,29)(H,27,28)(H,31,32)(H4,22,23,25,26,30). The van der Waals surface area contributed by atoms with E-state index in [0.717, 1.165) is 24.8 Å². The first-order valence-corrected chi connectivity index (χ1v) is 10.1. The molecule has 1 amide bonds. The average molecular weight is 445 g/mol. The highest BCUT2D eigenvalue weighted by Crippen LogP contribution is 2.14. The van der Waals surface area contributed by atoms with Crippen LogP contribution in [0.15, 0.2) is 29.1 Å². The molecule has 0 aliphatic heterocycles. The van der Waals surface area contributed by atoms with E-state index in [9.17, 15) is 19.2 Å². The van der Waals surface area contributed by atoms with Crippen molar-refractivity contribution >= 4 is 29.6 Å². The van der Waals surface area contributed by atoms with E-state index in [1.165, 1.54) is 0 Å². The van der Waals surface area contributed by atoms with Crippen molar-refractivity contribution in [2.45, 2.75) is 44.6 Å². The number of nitrogens with zero attached hydrogens (tertiary/aromatic N) is 1. The van der Waals surface area contributed by atoms with Gasteiger partial charge in [-0.05, 0) is 49.8 Å². The zero-order valence-electron chi connectivity index (χ0n) is 17.7. The lowest BCUT2D eigenvalue weighted by molar-refractivity contribution is -0.140. The lowest BCUT2D eigenvalue weighted by Crippen LogP contribution is -2.41. The van der Waals surface area contributed by atoms with Gasteiger partial charge in [0.1, 0.15) is 11.9 Å². The molecule has 1 heterocycles. The molecule has 0 fully saturated rings. The fraction of sp³-hybridized carbons (Fsp3) is 0.381. The fourth-order valence-electron chi connectivity index (χ4n) is 3.17. The maximum absolute atomic E-state index is 12.3. The number of rotatable bonds is 12. The molecule has 0 spiro atoms. The monoisotopic (exact) mass is 445 g/mol. The maximum Gasteiger partial charge on any atom is 0.326 e. The largest absolute Gasteiger partial charge is 0.481 e. The Kier molecular flexibility index (Phi) is 8.75. The zero-order valence-corrected chi connectivity index (χ0v) is 17.7. The van der Waals surface area contributed by atoms with Crippen LogP contribution >= 0.6 is 0 Å². The summed E-state index contributed by atoms with van der Waals surface area (Å²) in [7, 11) is 1.67. The van der Waals surface area contributed by atoms with Gasteiger partial charge in [-0.25, -0.2) is 4.79 Å². The molecule has 0 saturated carbocycles. The van der Waals surface area contributed by atoms with Gasteiger partial charge in [0.25, 0.3) is 11.5 Å². The van der Waals surface area contributed by atoms with Gasteiger partial charge in [-0.2, -0.15) is 4.98 Å². The van der Waals surface area contributed by atoms with Gasteiger partial charge in [-0.15, -0.1) is 0 Å². The molecule has 32 heavy (non-hydrogen) atoms. The number of carboxylic acids is 2. The average Bonchev–Trinajstić information content (AvgIpc) is 2.74. The highest BCUT2D eigenvalue weighted by molar-refractivity contribution is 5.96. The summed E-state index contributed by atoms with van der Waals surface area (Å²) < 4.78 is 0. The highest BCUT2D eigenvalue weighted by Gasteiger charge is 2.21. The molecule has 0 aliphatic rings. The van der Waals surface area contributed by atoms with E-state index in [4.69, 9.17) is 15.9 Å². The molecule has 2 aromatic rings. The van der Waals surface area contributed by atoms with Crippen LogP contribution in [0.1, 0.15) is 47.2 Å². The van der Waals surface area contributed by atoms with E-state index in [0.29, 0.717) is 17.8 Å². The summed E-state index contributed by atoms with van der Waals surface area (Å²) in [6.07, 6.45) is 2.25. The number of nitrogen functional groups attached to an aromatic ring is 1. The molecule has 11 heteroatoms. The van der Waals surface area contributed by atoms with E-state index >= 15 is 0 Å². The van der Waals surface area contributed by atoms with Crippen molar-refractivity contribution < 1.29 is 24.6 Å². The van der Waals surface area contributed by atoms with Gasteiger partial charge in [0.05, 0.1) is 5.56 Å². The number of aromatic amines is 1. The Morgan fingerprint density at radius 1 is 1.12 bits per heavy atom. The van der Waals surface area contributed by atoms with Crippen LogP contribution in [-0.4, -0.2) is 51.1 Å². The van der Waals surface area contributed by atoms with Crippen molar-refractivity contribution in [1.29, 1.82) is 0 Å². The predicted molar refractivity (Wildman–Crippen MR) is 118 cm³/mol. The van der Waals surface area contributed by atoms with Gasteiger partial charge < -0.3 is 26.6 Å². The number of nitrogens with two attached hydrogens (primary N) is 1. The SMILES string of the molecule is CNc1nc(N)[nH]c(=O)c1CCCCc1ccc(C(=O)NC(CCC(=O)O)C(=O)O)cc1. The third-order valence-corrected chi connectivity index (χ3v) is 4.88. The minimum Gasteiger partial charge on any atom is -0.481 e. The van der Waals surface area contributed by atoms with Crippen LogP contribution in [0.3, 0.4) is 0 Å². The Hall–Kier alpha value is -3.89. The van der Waals surface area contributed by atoms with Gasteiger partial charge in [0, 0.05) is 19.0 Å². The molecule has 0 saturated heterocycles. The second-order valence-corrected chi connectivity index (χ2v) is 7.23. The second kappa shape index (κ2) is 11.5. The van der Waals surface area contributed by atoms with Crippen molar-refractivity contribution in [1.82, 2.24) is 15.3 Å². The molecule has 1 unspecified atom stereocenters. The third-order valence-electron chi connectivity index (χ3n) is 4.88. The second-order valence-electron chi connectivity index (χ2n) is 7.23. The molecular formula is C21H27N5O6. The molecule has 0 bridgehead atoms. The predicted octanol–water partition coefficient (Wildman–Crippen LogP) is 1.01. The van der Waals surface area contributed by atoms with E-state index in [1.807, 2.05) is 0 Å². The van der Waals surface area contributed by atoms with E-state index in [1.54, 1.807) is 31.3 Å². The number of aromatic nitrogens is 2. The quantitative estimate of drug-likeness (QED) is 0.259. The van der Waals surface area contributed by atoms with Crippen LogP contribution in [0.25, 0.3) is 0 Å². The van der Waals surface area contributed by atoms with Crippen molar-refractivity contribution in [3.8, 4) is 0 Å². The normalized spacial score (nSPS) is 11.5. The molecule has 11 nitrogen and oxygen atoms in total. The van der Waals surface area contributed by atoms with Gasteiger partial charge in [-0.1, -0.05) is 12.1 Å². The Morgan fingerprint density at radius 3 is 2.38 bits per heavy atom. The fourth-order valence-corrected chi connectivity index (χ4v) is 3.17. The van der Waals surface area contributed by atoms with Crippen molar-refractivity contribution in [2.75, 3.05) is 18.1 Å². The molecular weight excluding hydrogens is 418 g/mol. The number of hydrogen-bond acceptors (Lipinski definition) is 7. The Balaban J connectivity index is 1.87. The lowest BCUT2D eigenvalue weighted by Gasteiger charge is -2.13. The number of aliphatic carboxylic acids is 2. The van der Waals surface area contributed by atoms with E-state index < -0.39 is 23.9 Å². The van der Waals surface area contributed by atoms with Crippen molar-refractivity contribution in [3.63, 3.8) is 0 Å². The van der Waals surface area contributed by atoms with Crippen LogP contribution in [0.5, 0.6) is 0 Å². The summed E-state index contributed by atoms with van der Waals surface area (Å²) >= 11 is 0. The number of amides is 1. The molecule has 1 aromatic carbocycles. The van der Waals surface area contributed by atoms with Crippen molar-refractivity contribution in [2.24, 2.45) is 0 Å². The van der Waals surface area contributed by atoms with Crippen LogP contribution in [0.4, 0.5) is 11.8 Å². The Morgan fingerprint density at radius 2 is 1.78 bits per heavy atom. The first-order chi connectivity index (χ1) is 15.2. The summed E-state index contributed by atoms with van der Waals surface area (Å²) in [4.78, 5) is 52.8. The van der Waals surface area contributed by atoms with E-state index in [2.05, 4.69) is 20.6 Å². The summed E-state index contributed by atoms with van der Waals surface area (Å²) in [5, 5.41) is 23.1. The van der Waals surface area contributed by atoms with Crippen molar-refractivity contribution in [3.05, 3.63) is 51.3 Å². The maximum atomic E-state index is 12.3. The molecule has 2 rings (SSSR count). The highest BCUT2D eigenvalue weighted by atomic mass is 16.4. The Labute approximate surface area is 184 Å². The smallest absolute Gasteiger partial charge is 0.326 e. The Bertz CT molecular complexity index is 1020. The van der Waals surface area contributed by atoms with Crippen LogP contribution in [0.2, 0.25) is 0 Å². The topological polar surface area (TPSA) is 187 Å². The van der Waals surface area contributed by atoms with Gasteiger partial charge >= 0.3 is 11.9 Å². The number of anilines is 2. The number of H-pyrrole nitrogens is 1. The van der Waals surface area contributed by atoms with E-state index in [-0.39, 0.29) is 29.9 Å². The number of carbonyl (C=O) groups is 3. The molecule has 172 valence electrons. The van der Waals surface area contributed by atoms with Gasteiger partial charge in [0.2, 0.25) is 5.95 Å². The molecule has 7 N–H and O–H groups in total. The summed E-state index contributed by atoms with van der Waals surface area (Å²) in [5.74, 6) is -2.47. The number of nitrogens with one attached hydrogen (secondary N) is 3. The minimum atomic E-state index is -1.28. The molecule has 1 atom stereocenters. The number of carboxylic acid groups (broad SMARTS) is 2. The number of unbranched alkanes of at least 4 members (excludes halogenated alkanes) is 1. The number of carbonyl (C=O) groups excluding carboxylic acids is 1. The minimum absolute atomic E-state index is 0.0591. The first kappa shape index (κ1) is 24.4. The summed E-state index contributed by atoms with van der Waals surface area (Å²) in [6, 6.07) is 5.46. The van der Waals surface area contributed by atoms with Gasteiger partial charge in [-0.3, -0.25) is 19.4 Å². The third kappa shape index (κ3) is 7.11. The number of hydrogen-bond donors (Lipinski definition) is 6.